The fraction of sp³-hybridized carbons (Fsp3) is 0.667. The van der Waals surface area contributed by atoms with Crippen LogP contribution in [-0.2, 0) is 14.2 Å². The number of allylic oxidation sites excluding steroid dienone is 1. The summed E-state index contributed by atoms with van der Waals surface area (Å²) in [7, 11) is 1.36. The van der Waals surface area contributed by atoms with Gasteiger partial charge in [0.15, 0.2) is 0 Å². The summed E-state index contributed by atoms with van der Waals surface area (Å²) in [6.07, 6.45) is 8.72. The van der Waals surface area contributed by atoms with E-state index in [1.165, 1.54) is 18.9 Å². The van der Waals surface area contributed by atoms with Gasteiger partial charge in [-0.2, -0.15) is 0 Å². The maximum Gasteiger partial charge on any atom is 0.339 e. The lowest BCUT2D eigenvalue weighted by molar-refractivity contribution is -0.260. The van der Waals surface area contributed by atoms with Gasteiger partial charge >= 0.3 is 5.97 Å². The molecule has 1 aliphatic heterocycles. The summed E-state index contributed by atoms with van der Waals surface area (Å²) in [6.45, 7) is 11.0. The monoisotopic (exact) mass is 415 g/mol. The number of hydrogen-bond acceptors (Lipinski definition) is 6. The number of pyridine rings is 1. The van der Waals surface area contributed by atoms with Gasteiger partial charge < -0.3 is 18.9 Å². The van der Waals surface area contributed by atoms with E-state index in [0.717, 1.165) is 38.7 Å². The lowest BCUT2D eigenvalue weighted by Gasteiger charge is -2.62. The molecule has 3 aliphatic rings. The van der Waals surface area contributed by atoms with Crippen molar-refractivity contribution in [1.29, 1.82) is 0 Å². The van der Waals surface area contributed by atoms with Crippen molar-refractivity contribution in [3.63, 3.8) is 0 Å². The van der Waals surface area contributed by atoms with Crippen molar-refractivity contribution in [1.82, 2.24) is 4.98 Å². The summed E-state index contributed by atoms with van der Waals surface area (Å²) in [5.41, 5.74) is 1.95. The van der Waals surface area contributed by atoms with Crippen LogP contribution >= 0.6 is 0 Å². The molecule has 6 nitrogen and oxygen atoms in total. The van der Waals surface area contributed by atoms with Crippen LogP contribution in [0.3, 0.4) is 0 Å². The number of nitrogens with zero attached hydrogens (tertiary/aromatic N) is 1. The number of hydrogen-bond donors (Lipinski definition) is 0. The Morgan fingerprint density at radius 3 is 2.93 bits per heavy atom. The Morgan fingerprint density at radius 1 is 1.30 bits per heavy atom. The van der Waals surface area contributed by atoms with Crippen molar-refractivity contribution in [2.75, 3.05) is 27.1 Å². The smallest absolute Gasteiger partial charge is 0.339 e. The summed E-state index contributed by atoms with van der Waals surface area (Å²) >= 11 is 0. The minimum atomic E-state index is -0.411. The minimum Gasteiger partial charge on any atom is -0.492 e. The predicted octanol–water partition coefficient (Wildman–Crippen LogP) is 4.40. The van der Waals surface area contributed by atoms with Crippen molar-refractivity contribution < 1.29 is 23.7 Å². The van der Waals surface area contributed by atoms with E-state index < -0.39 is 5.97 Å². The van der Waals surface area contributed by atoms with Crippen LogP contribution in [0.2, 0.25) is 0 Å². The fourth-order valence-corrected chi connectivity index (χ4v) is 6.39. The van der Waals surface area contributed by atoms with Crippen LogP contribution in [0, 0.1) is 22.7 Å². The van der Waals surface area contributed by atoms with Crippen LogP contribution in [0.1, 0.15) is 56.3 Å². The summed E-state index contributed by atoms with van der Waals surface area (Å²) in [6, 6.07) is 1.68. The van der Waals surface area contributed by atoms with Crippen LogP contribution in [0.5, 0.6) is 5.75 Å². The molecule has 30 heavy (non-hydrogen) atoms. The first-order valence-electron chi connectivity index (χ1n) is 10.9. The van der Waals surface area contributed by atoms with Crippen molar-refractivity contribution in [3.05, 3.63) is 36.2 Å². The first kappa shape index (κ1) is 21.3. The van der Waals surface area contributed by atoms with Crippen LogP contribution in [0.4, 0.5) is 0 Å². The summed E-state index contributed by atoms with van der Waals surface area (Å²) in [5.74, 6) is 1.12. The van der Waals surface area contributed by atoms with Crippen LogP contribution in [0.15, 0.2) is 30.6 Å². The normalized spacial score (nSPS) is 35.8. The molecule has 3 fully saturated rings. The highest BCUT2D eigenvalue weighted by molar-refractivity contribution is 5.89. The van der Waals surface area contributed by atoms with E-state index in [4.69, 9.17) is 18.9 Å². The molecule has 6 heteroatoms. The molecule has 0 spiro atoms. The Hall–Kier alpha value is -1.92. The van der Waals surface area contributed by atoms with E-state index >= 15 is 0 Å². The Morgan fingerprint density at radius 2 is 2.13 bits per heavy atom. The van der Waals surface area contributed by atoms with E-state index in [2.05, 4.69) is 25.4 Å². The van der Waals surface area contributed by atoms with Crippen molar-refractivity contribution >= 4 is 5.97 Å². The van der Waals surface area contributed by atoms with E-state index in [0.29, 0.717) is 42.7 Å². The second-order valence-electron chi connectivity index (χ2n) is 9.51. The van der Waals surface area contributed by atoms with Gasteiger partial charge in [0.25, 0.3) is 0 Å². The molecule has 1 aromatic heterocycles. The van der Waals surface area contributed by atoms with E-state index in [1.807, 2.05) is 0 Å². The van der Waals surface area contributed by atoms with Gasteiger partial charge in [0.1, 0.15) is 12.5 Å². The highest BCUT2D eigenvalue weighted by Gasteiger charge is 2.59. The SMILES string of the molecule is C=C1CCC2C(C)(CCC3OCOC[C@]32C)C1CCOc1cncc(C(=O)OC)c1. The Kier molecular flexibility index (Phi) is 5.90. The number of aromatic nitrogens is 1. The van der Waals surface area contributed by atoms with Crippen LogP contribution in [0.25, 0.3) is 0 Å². The van der Waals surface area contributed by atoms with Gasteiger partial charge in [0.2, 0.25) is 0 Å². The molecule has 164 valence electrons. The number of methoxy groups -OCH3 is 1. The zero-order chi connectivity index (χ0) is 21.4. The Balaban J connectivity index is 1.46. The molecule has 0 aromatic carbocycles. The summed E-state index contributed by atoms with van der Waals surface area (Å²) < 4.78 is 22.5. The summed E-state index contributed by atoms with van der Waals surface area (Å²) in [4.78, 5) is 15.8. The molecule has 0 N–H and O–H groups in total. The Labute approximate surface area is 178 Å². The van der Waals surface area contributed by atoms with E-state index in [1.54, 1.807) is 12.3 Å². The number of ether oxygens (including phenoxy) is 4. The standard InChI is InChI=1S/C24H33NO5/c1-16-5-6-20-23(2,9-7-21-24(20,3)14-28-15-30-21)19(16)8-10-29-18-11-17(12-25-13-18)22(26)27-4/h11-13,19-21H,1,5-10,14-15H2,2-4H3/t19?,20?,21?,23?,24-/m0/s1. The molecular weight excluding hydrogens is 382 g/mol. The fourth-order valence-electron chi connectivity index (χ4n) is 6.39. The maximum absolute atomic E-state index is 11.7. The first-order chi connectivity index (χ1) is 14.4. The van der Waals surface area contributed by atoms with Crippen molar-refractivity contribution in [3.8, 4) is 5.75 Å². The topological polar surface area (TPSA) is 66.9 Å². The zero-order valence-electron chi connectivity index (χ0n) is 18.3. The quantitative estimate of drug-likeness (QED) is 0.525. The molecule has 4 unspecified atom stereocenters. The lowest BCUT2D eigenvalue weighted by atomic mass is 9.46. The number of fused-ring (bicyclic) bond motifs is 3. The van der Waals surface area contributed by atoms with Gasteiger partial charge in [-0.1, -0.05) is 26.0 Å². The van der Waals surface area contributed by atoms with Gasteiger partial charge in [-0.15, -0.1) is 0 Å². The largest absolute Gasteiger partial charge is 0.492 e. The van der Waals surface area contributed by atoms with Crippen LogP contribution in [-0.4, -0.2) is 44.2 Å². The number of carbonyl (C=O) groups excluding carboxylic acids is 1. The zero-order valence-corrected chi connectivity index (χ0v) is 18.3. The molecule has 2 aliphatic carbocycles. The molecule has 4 rings (SSSR count). The predicted molar refractivity (Wildman–Crippen MR) is 112 cm³/mol. The molecule has 1 saturated heterocycles. The number of carbonyl (C=O) groups is 1. The van der Waals surface area contributed by atoms with Crippen molar-refractivity contribution in [2.24, 2.45) is 22.7 Å². The minimum absolute atomic E-state index is 0.0593. The van der Waals surface area contributed by atoms with Gasteiger partial charge in [0, 0.05) is 11.6 Å². The average Bonchev–Trinajstić information content (AvgIpc) is 2.74. The highest BCUT2D eigenvalue weighted by Crippen LogP contribution is 2.62. The highest BCUT2D eigenvalue weighted by atomic mass is 16.7. The molecule has 0 radical (unpaired) electrons. The van der Waals surface area contributed by atoms with Gasteiger partial charge in [0.05, 0.1) is 38.2 Å². The summed E-state index contributed by atoms with van der Waals surface area (Å²) in [5, 5.41) is 0. The third-order valence-corrected chi connectivity index (χ3v) is 7.89. The molecule has 1 aromatic rings. The molecule has 0 bridgehead atoms. The van der Waals surface area contributed by atoms with Gasteiger partial charge in [-0.3, -0.25) is 4.98 Å². The van der Waals surface area contributed by atoms with E-state index in [9.17, 15) is 4.79 Å². The Bertz CT molecular complexity index is 811. The maximum atomic E-state index is 11.7. The molecular formula is C24H33NO5. The molecule has 2 saturated carbocycles. The third-order valence-electron chi connectivity index (χ3n) is 7.89. The second kappa shape index (κ2) is 8.31. The first-order valence-corrected chi connectivity index (χ1v) is 10.9. The molecule has 5 atom stereocenters. The second-order valence-corrected chi connectivity index (χ2v) is 9.51. The molecule has 2 heterocycles. The third kappa shape index (κ3) is 3.65. The number of rotatable bonds is 5. The van der Waals surface area contributed by atoms with Gasteiger partial charge in [-0.05, 0) is 55.4 Å². The lowest BCUT2D eigenvalue weighted by Crippen LogP contribution is -2.60. The van der Waals surface area contributed by atoms with Crippen molar-refractivity contribution in [2.45, 2.75) is 52.1 Å². The number of esters is 1. The van der Waals surface area contributed by atoms with Gasteiger partial charge in [-0.25, -0.2) is 4.79 Å². The average molecular weight is 416 g/mol. The van der Waals surface area contributed by atoms with E-state index in [-0.39, 0.29) is 10.8 Å². The molecule has 0 amide bonds. The van der Waals surface area contributed by atoms with Crippen LogP contribution < -0.4 is 4.74 Å².